The minimum Gasteiger partial charge on any atom is -0.378 e. The van der Waals surface area contributed by atoms with Gasteiger partial charge in [-0.05, 0) is 43.3 Å². The number of amides is 2. The molecular formula is C16H21Cl3N4O2S. The lowest BCUT2D eigenvalue weighted by Crippen LogP contribution is -2.59. The van der Waals surface area contributed by atoms with Crippen molar-refractivity contribution in [3.8, 4) is 0 Å². The zero-order chi connectivity index (χ0) is 19.3. The first-order valence-electron chi connectivity index (χ1n) is 8.01. The molecule has 10 heteroatoms. The predicted molar refractivity (Wildman–Crippen MR) is 110 cm³/mol. The Bertz CT molecular complexity index is 663. The number of urea groups is 1. The molecule has 3 N–H and O–H groups in total. The first-order chi connectivity index (χ1) is 12.2. The van der Waals surface area contributed by atoms with Gasteiger partial charge in [0.15, 0.2) is 11.3 Å². The number of carbonyl (C=O) groups is 1. The van der Waals surface area contributed by atoms with Gasteiger partial charge in [0.1, 0.15) is 0 Å². The number of morpholine rings is 1. The number of rotatable bonds is 3. The number of nitrogens with zero attached hydrogens (tertiary/aromatic N) is 1. The van der Waals surface area contributed by atoms with Crippen molar-refractivity contribution in [3.63, 3.8) is 0 Å². The minimum atomic E-state index is -1.80. The summed E-state index contributed by atoms with van der Waals surface area (Å²) in [5.41, 5.74) is 2.94. The minimum absolute atomic E-state index is 0.234. The van der Waals surface area contributed by atoms with E-state index in [9.17, 15) is 4.79 Å². The van der Waals surface area contributed by atoms with Crippen LogP contribution in [0.3, 0.4) is 0 Å². The van der Waals surface area contributed by atoms with Crippen LogP contribution in [0.5, 0.6) is 0 Å². The molecule has 2 amide bonds. The summed E-state index contributed by atoms with van der Waals surface area (Å²) in [6, 6.07) is 5.59. The Labute approximate surface area is 173 Å². The number of anilines is 1. The lowest BCUT2D eigenvalue weighted by atomic mass is 10.1. The first kappa shape index (κ1) is 21.3. The van der Waals surface area contributed by atoms with Crippen molar-refractivity contribution in [2.45, 2.75) is 23.8 Å². The van der Waals surface area contributed by atoms with Gasteiger partial charge in [0.05, 0.1) is 13.2 Å². The third kappa shape index (κ3) is 6.32. The number of nitrogens with one attached hydrogen (secondary N) is 3. The number of ether oxygens (including phenoxy) is 1. The van der Waals surface area contributed by atoms with Gasteiger partial charge in [-0.15, -0.1) is 0 Å². The molecule has 2 rings (SSSR count). The molecule has 1 atom stereocenters. The summed E-state index contributed by atoms with van der Waals surface area (Å²) >= 11 is 23.3. The standard InChI is InChI=1S/C16H21Cl3N4O2S/c1-10-3-4-11(2)12(9-10)20-14(26)21-13(16(17,18)19)22-15(24)23-5-7-25-8-6-23/h3-4,9,13H,5-8H2,1-2H3,(H,22,24)(H2,20,21,26). The highest BCUT2D eigenvalue weighted by molar-refractivity contribution is 7.80. The highest BCUT2D eigenvalue weighted by Gasteiger charge is 2.35. The third-order valence-corrected chi connectivity index (χ3v) is 4.68. The topological polar surface area (TPSA) is 65.6 Å². The molecule has 144 valence electrons. The van der Waals surface area contributed by atoms with E-state index in [4.69, 9.17) is 51.8 Å². The monoisotopic (exact) mass is 438 g/mol. The summed E-state index contributed by atoms with van der Waals surface area (Å²) in [5, 5.41) is 8.82. The fourth-order valence-corrected chi connectivity index (χ4v) is 2.90. The summed E-state index contributed by atoms with van der Waals surface area (Å²) in [6.45, 7) is 5.84. The second-order valence-electron chi connectivity index (χ2n) is 5.94. The van der Waals surface area contributed by atoms with E-state index in [1.165, 1.54) is 0 Å². The molecule has 1 aliphatic rings. The van der Waals surface area contributed by atoms with E-state index in [1.54, 1.807) is 4.90 Å². The molecule has 26 heavy (non-hydrogen) atoms. The van der Waals surface area contributed by atoms with E-state index in [-0.39, 0.29) is 11.1 Å². The number of alkyl halides is 3. The number of hydrogen-bond donors (Lipinski definition) is 3. The molecule has 1 saturated heterocycles. The summed E-state index contributed by atoms with van der Waals surface area (Å²) in [7, 11) is 0. The predicted octanol–water partition coefficient (Wildman–Crippen LogP) is 3.33. The van der Waals surface area contributed by atoms with Crippen LogP contribution < -0.4 is 16.0 Å². The molecule has 1 heterocycles. The van der Waals surface area contributed by atoms with Crippen LogP contribution >= 0.6 is 47.0 Å². The van der Waals surface area contributed by atoms with E-state index in [0.29, 0.717) is 26.3 Å². The highest BCUT2D eigenvalue weighted by atomic mass is 35.6. The van der Waals surface area contributed by atoms with E-state index in [0.717, 1.165) is 16.8 Å². The lowest BCUT2D eigenvalue weighted by molar-refractivity contribution is 0.0524. The van der Waals surface area contributed by atoms with Crippen LogP contribution in [0, 0.1) is 13.8 Å². The Morgan fingerprint density at radius 2 is 1.88 bits per heavy atom. The zero-order valence-electron chi connectivity index (χ0n) is 14.4. The van der Waals surface area contributed by atoms with E-state index in [2.05, 4.69) is 16.0 Å². The molecule has 1 unspecified atom stereocenters. The molecule has 1 fully saturated rings. The molecule has 1 aliphatic heterocycles. The van der Waals surface area contributed by atoms with Gasteiger partial charge in [-0.1, -0.05) is 46.9 Å². The Morgan fingerprint density at radius 1 is 1.23 bits per heavy atom. The lowest BCUT2D eigenvalue weighted by Gasteiger charge is -2.32. The van der Waals surface area contributed by atoms with Gasteiger partial charge in [-0.2, -0.15) is 0 Å². The van der Waals surface area contributed by atoms with Crippen molar-refractivity contribution in [2.75, 3.05) is 31.6 Å². The maximum atomic E-state index is 12.4. The quantitative estimate of drug-likeness (QED) is 0.383. The maximum absolute atomic E-state index is 12.4. The van der Waals surface area contributed by atoms with Gasteiger partial charge in [0, 0.05) is 18.8 Å². The normalized spacial score (nSPS) is 16.0. The van der Waals surface area contributed by atoms with Crippen LogP contribution in [-0.4, -0.2) is 52.3 Å². The van der Waals surface area contributed by atoms with Crippen molar-refractivity contribution in [2.24, 2.45) is 0 Å². The summed E-state index contributed by atoms with van der Waals surface area (Å²) < 4.78 is 3.43. The van der Waals surface area contributed by atoms with Crippen LogP contribution in [0.2, 0.25) is 0 Å². The van der Waals surface area contributed by atoms with Gasteiger partial charge < -0.3 is 25.6 Å². The molecule has 1 aromatic carbocycles. The summed E-state index contributed by atoms with van der Waals surface area (Å²) in [4.78, 5) is 14.0. The van der Waals surface area contributed by atoms with Gasteiger partial charge >= 0.3 is 6.03 Å². The molecule has 0 bridgehead atoms. The fraction of sp³-hybridized carbons (Fsp3) is 0.500. The van der Waals surface area contributed by atoms with Crippen LogP contribution in [0.25, 0.3) is 0 Å². The fourth-order valence-electron chi connectivity index (χ4n) is 2.34. The molecule has 1 aromatic rings. The van der Waals surface area contributed by atoms with E-state index in [1.807, 2.05) is 32.0 Å². The van der Waals surface area contributed by atoms with Crippen molar-refractivity contribution in [1.82, 2.24) is 15.5 Å². The number of benzene rings is 1. The Balaban J connectivity index is 2.01. The Kier molecular flexibility index (Phi) is 7.61. The van der Waals surface area contributed by atoms with Crippen molar-refractivity contribution < 1.29 is 9.53 Å². The molecule has 0 aromatic heterocycles. The number of halogens is 3. The molecular weight excluding hydrogens is 419 g/mol. The van der Waals surface area contributed by atoms with Crippen molar-refractivity contribution in [3.05, 3.63) is 29.3 Å². The van der Waals surface area contributed by atoms with Gasteiger partial charge in [0.2, 0.25) is 3.79 Å². The number of hydrogen-bond acceptors (Lipinski definition) is 3. The molecule has 0 radical (unpaired) electrons. The highest BCUT2D eigenvalue weighted by Crippen LogP contribution is 2.29. The van der Waals surface area contributed by atoms with Crippen LogP contribution in [0.1, 0.15) is 11.1 Å². The van der Waals surface area contributed by atoms with Crippen molar-refractivity contribution >= 4 is 63.9 Å². The summed E-state index contributed by atoms with van der Waals surface area (Å²) in [5.74, 6) is 0. The Morgan fingerprint density at radius 3 is 2.50 bits per heavy atom. The summed E-state index contributed by atoms with van der Waals surface area (Å²) in [6.07, 6.45) is -1.01. The largest absolute Gasteiger partial charge is 0.378 e. The third-order valence-electron chi connectivity index (χ3n) is 3.81. The zero-order valence-corrected chi connectivity index (χ0v) is 17.5. The first-order valence-corrected chi connectivity index (χ1v) is 9.55. The van der Waals surface area contributed by atoms with E-state index < -0.39 is 9.96 Å². The average Bonchev–Trinajstić information content (AvgIpc) is 2.57. The second-order valence-corrected chi connectivity index (χ2v) is 8.72. The van der Waals surface area contributed by atoms with Crippen molar-refractivity contribution in [1.29, 1.82) is 0 Å². The number of carbonyl (C=O) groups excluding carboxylic acids is 1. The Hall–Kier alpha value is -0.990. The van der Waals surface area contributed by atoms with Crippen LogP contribution in [0.4, 0.5) is 10.5 Å². The van der Waals surface area contributed by atoms with E-state index >= 15 is 0 Å². The van der Waals surface area contributed by atoms with Gasteiger partial charge in [-0.25, -0.2) is 4.79 Å². The van der Waals surface area contributed by atoms with Crippen LogP contribution in [0.15, 0.2) is 18.2 Å². The van der Waals surface area contributed by atoms with Gasteiger partial charge in [-0.3, -0.25) is 0 Å². The SMILES string of the molecule is Cc1ccc(C)c(NC(=S)NC(NC(=O)N2CCOCC2)C(Cl)(Cl)Cl)c1. The number of thiocarbonyl (C=S) groups is 1. The second kappa shape index (κ2) is 9.28. The molecule has 0 spiro atoms. The smallest absolute Gasteiger partial charge is 0.319 e. The van der Waals surface area contributed by atoms with Crippen LogP contribution in [-0.2, 0) is 4.74 Å². The molecule has 0 aliphatic carbocycles. The molecule has 6 nitrogen and oxygen atoms in total. The van der Waals surface area contributed by atoms with Gasteiger partial charge in [0.25, 0.3) is 0 Å². The average molecular weight is 440 g/mol. The molecule has 0 saturated carbocycles. The maximum Gasteiger partial charge on any atom is 0.319 e. The number of aryl methyl sites for hydroxylation is 2.